The number of hydrogen-bond acceptors (Lipinski definition) is 3. The molecule has 0 spiro atoms. The first kappa shape index (κ1) is 17.7. The van der Waals surface area contributed by atoms with Gasteiger partial charge in [-0.05, 0) is 37.1 Å². The second-order valence-corrected chi connectivity index (χ2v) is 5.89. The van der Waals surface area contributed by atoms with Crippen molar-refractivity contribution in [2.45, 2.75) is 31.0 Å². The Balaban J connectivity index is 1.87. The SMILES string of the molecule is COCC1(CNC(=O)Cc2ccc(C(F)(F)F)cc2)CCCN1. The Morgan fingerprint density at radius 2 is 2.04 bits per heavy atom. The number of nitrogens with one attached hydrogen (secondary N) is 2. The molecule has 4 nitrogen and oxygen atoms in total. The monoisotopic (exact) mass is 330 g/mol. The molecule has 2 rings (SSSR count). The van der Waals surface area contributed by atoms with Gasteiger partial charge in [0.2, 0.25) is 5.91 Å². The van der Waals surface area contributed by atoms with E-state index in [1.807, 2.05) is 0 Å². The van der Waals surface area contributed by atoms with Gasteiger partial charge < -0.3 is 15.4 Å². The van der Waals surface area contributed by atoms with Gasteiger partial charge in [-0.3, -0.25) is 4.79 Å². The van der Waals surface area contributed by atoms with Crippen LogP contribution in [0, 0.1) is 0 Å². The minimum Gasteiger partial charge on any atom is -0.383 e. The van der Waals surface area contributed by atoms with Gasteiger partial charge in [0.1, 0.15) is 0 Å². The minimum atomic E-state index is -4.36. The first-order valence-electron chi connectivity index (χ1n) is 7.51. The van der Waals surface area contributed by atoms with Crippen LogP contribution in [0.15, 0.2) is 24.3 Å². The Kier molecular flexibility index (Phi) is 5.64. The molecule has 0 aromatic heterocycles. The van der Waals surface area contributed by atoms with Crippen LogP contribution in [0.25, 0.3) is 0 Å². The van der Waals surface area contributed by atoms with Crippen molar-refractivity contribution in [1.29, 1.82) is 0 Å². The van der Waals surface area contributed by atoms with E-state index in [1.165, 1.54) is 12.1 Å². The second-order valence-electron chi connectivity index (χ2n) is 5.89. The van der Waals surface area contributed by atoms with Crippen LogP contribution in [0.2, 0.25) is 0 Å². The summed E-state index contributed by atoms with van der Waals surface area (Å²) in [5, 5.41) is 6.19. The molecule has 1 atom stereocenters. The van der Waals surface area contributed by atoms with Crippen LogP contribution in [-0.2, 0) is 22.1 Å². The van der Waals surface area contributed by atoms with Crippen LogP contribution in [0.1, 0.15) is 24.0 Å². The van der Waals surface area contributed by atoms with E-state index in [9.17, 15) is 18.0 Å². The van der Waals surface area contributed by atoms with Crippen molar-refractivity contribution in [3.63, 3.8) is 0 Å². The van der Waals surface area contributed by atoms with Gasteiger partial charge in [0, 0.05) is 13.7 Å². The number of halogens is 3. The number of rotatable bonds is 6. The number of amides is 1. The molecule has 7 heteroatoms. The lowest BCUT2D eigenvalue weighted by atomic mass is 9.98. The number of alkyl halides is 3. The molecule has 0 radical (unpaired) electrons. The molecule has 128 valence electrons. The summed E-state index contributed by atoms with van der Waals surface area (Å²) in [5.41, 5.74) is -0.406. The van der Waals surface area contributed by atoms with Crippen LogP contribution in [0.5, 0.6) is 0 Å². The predicted octanol–water partition coefficient (Wildman–Crippen LogP) is 2.13. The molecule has 1 aromatic rings. The smallest absolute Gasteiger partial charge is 0.383 e. The van der Waals surface area contributed by atoms with E-state index < -0.39 is 11.7 Å². The van der Waals surface area contributed by atoms with E-state index in [0.29, 0.717) is 18.7 Å². The van der Waals surface area contributed by atoms with Gasteiger partial charge in [-0.2, -0.15) is 13.2 Å². The molecular formula is C16H21F3N2O2. The average molecular weight is 330 g/mol. The van der Waals surface area contributed by atoms with Crippen molar-refractivity contribution in [1.82, 2.24) is 10.6 Å². The summed E-state index contributed by atoms with van der Waals surface area (Å²) in [5.74, 6) is -0.214. The Bertz CT molecular complexity index is 523. The number of benzene rings is 1. The Hall–Kier alpha value is -1.60. The standard InChI is InChI=1S/C16H21F3N2O2/c1-23-11-15(7-2-8-21-15)10-20-14(22)9-12-3-5-13(6-4-12)16(17,18)19/h3-6,21H,2,7-11H2,1H3,(H,20,22). The molecule has 2 N–H and O–H groups in total. The van der Waals surface area contributed by atoms with Crippen molar-refractivity contribution >= 4 is 5.91 Å². The second kappa shape index (κ2) is 7.31. The van der Waals surface area contributed by atoms with Crippen molar-refractivity contribution in [3.8, 4) is 0 Å². The quantitative estimate of drug-likeness (QED) is 0.840. The van der Waals surface area contributed by atoms with Gasteiger partial charge in [-0.15, -0.1) is 0 Å². The number of carbonyl (C=O) groups excluding carboxylic acids is 1. The third-order valence-corrected chi connectivity index (χ3v) is 4.02. The topological polar surface area (TPSA) is 50.4 Å². The van der Waals surface area contributed by atoms with Gasteiger partial charge >= 0.3 is 6.18 Å². The summed E-state index contributed by atoms with van der Waals surface area (Å²) in [6.45, 7) is 1.84. The Labute approximate surface area is 133 Å². The minimum absolute atomic E-state index is 0.0567. The zero-order valence-electron chi connectivity index (χ0n) is 13.0. The van der Waals surface area contributed by atoms with Gasteiger partial charge in [0.05, 0.1) is 24.1 Å². The van der Waals surface area contributed by atoms with Crippen LogP contribution in [0.4, 0.5) is 13.2 Å². The highest BCUT2D eigenvalue weighted by Crippen LogP contribution is 2.29. The summed E-state index contributed by atoms with van der Waals surface area (Å²) in [6, 6.07) is 4.66. The number of ether oxygens (including phenoxy) is 1. The number of hydrogen-bond donors (Lipinski definition) is 2. The predicted molar refractivity (Wildman–Crippen MR) is 80.0 cm³/mol. The molecule has 1 aliphatic heterocycles. The molecule has 0 bridgehead atoms. The highest BCUT2D eigenvalue weighted by Gasteiger charge is 2.33. The highest BCUT2D eigenvalue weighted by atomic mass is 19.4. The van der Waals surface area contributed by atoms with Crippen molar-refractivity contribution in [2.75, 3.05) is 26.8 Å². The maximum Gasteiger partial charge on any atom is 0.416 e. The molecule has 0 aliphatic carbocycles. The fourth-order valence-electron chi connectivity index (χ4n) is 2.80. The van der Waals surface area contributed by atoms with Gasteiger partial charge in [0.15, 0.2) is 0 Å². The molecular weight excluding hydrogens is 309 g/mol. The third-order valence-electron chi connectivity index (χ3n) is 4.02. The van der Waals surface area contributed by atoms with Crippen LogP contribution in [0.3, 0.4) is 0 Å². The first-order chi connectivity index (χ1) is 10.8. The summed E-state index contributed by atoms with van der Waals surface area (Å²) < 4.78 is 42.7. The fourth-order valence-corrected chi connectivity index (χ4v) is 2.80. The average Bonchev–Trinajstić information content (AvgIpc) is 2.94. The fraction of sp³-hybridized carbons (Fsp3) is 0.562. The van der Waals surface area contributed by atoms with Gasteiger partial charge in [0.25, 0.3) is 0 Å². The van der Waals surface area contributed by atoms with Gasteiger partial charge in [-0.25, -0.2) is 0 Å². The van der Waals surface area contributed by atoms with E-state index >= 15 is 0 Å². The largest absolute Gasteiger partial charge is 0.416 e. The van der Waals surface area contributed by atoms with Crippen LogP contribution < -0.4 is 10.6 Å². The normalized spacial score (nSPS) is 21.4. The maximum absolute atomic E-state index is 12.5. The number of methoxy groups -OCH3 is 1. The molecule has 1 aromatic carbocycles. The molecule has 1 heterocycles. The van der Waals surface area contributed by atoms with Crippen molar-refractivity contribution in [2.24, 2.45) is 0 Å². The summed E-state index contributed by atoms with van der Waals surface area (Å²) in [6.07, 6.45) is -2.36. The van der Waals surface area contributed by atoms with E-state index in [-0.39, 0.29) is 17.9 Å². The van der Waals surface area contributed by atoms with Crippen LogP contribution in [-0.4, -0.2) is 38.3 Å². The maximum atomic E-state index is 12.5. The molecule has 23 heavy (non-hydrogen) atoms. The van der Waals surface area contributed by atoms with Crippen LogP contribution >= 0.6 is 0 Å². The zero-order valence-corrected chi connectivity index (χ0v) is 13.0. The molecule has 1 saturated heterocycles. The Morgan fingerprint density at radius 3 is 2.57 bits per heavy atom. The number of carbonyl (C=O) groups is 1. The van der Waals surface area contributed by atoms with E-state index in [0.717, 1.165) is 31.5 Å². The first-order valence-corrected chi connectivity index (χ1v) is 7.51. The molecule has 1 unspecified atom stereocenters. The molecule has 1 aliphatic rings. The molecule has 0 saturated carbocycles. The summed E-state index contributed by atoms with van der Waals surface area (Å²) in [7, 11) is 1.62. The van der Waals surface area contributed by atoms with E-state index in [4.69, 9.17) is 4.74 Å². The lowest BCUT2D eigenvalue weighted by Gasteiger charge is -2.29. The van der Waals surface area contributed by atoms with Crippen molar-refractivity contribution < 1.29 is 22.7 Å². The molecule has 1 fully saturated rings. The summed E-state index contributed by atoms with van der Waals surface area (Å²) in [4.78, 5) is 12.0. The van der Waals surface area contributed by atoms with Gasteiger partial charge in [-0.1, -0.05) is 12.1 Å². The third kappa shape index (κ3) is 4.94. The van der Waals surface area contributed by atoms with E-state index in [1.54, 1.807) is 7.11 Å². The molecule has 1 amide bonds. The summed E-state index contributed by atoms with van der Waals surface area (Å²) >= 11 is 0. The lowest BCUT2D eigenvalue weighted by molar-refractivity contribution is -0.137. The lowest BCUT2D eigenvalue weighted by Crippen LogP contribution is -2.53. The van der Waals surface area contributed by atoms with Crippen molar-refractivity contribution in [3.05, 3.63) is 35.4 Å². The Morgan fingerprint density at radius 1 is 1.35 bits per heavy atom. The van der Waals surface area contributed by atoms with E-state index in [2.05, 4.69) is 10.6 Å². The highest BCUT2D eigenvalue weighted by molar-refractivity contribution is 5.78. The zero-order chi connectivity index (χ0) is 16.9.